The minimum atomic E-state index is -3.31. The number of sulfone groups is 1. The molecule has 0 saturated carbocycles. The van der Waals surface area contributed by atoms with Crippen molar-refractivity contribution in [3.63, 3.8) is 0 Å². The molecule has 7 nitrogen and oxygen atoms in total. The van der Waals surface area contributed by atoms with E-state index in [0.717, 1.165) is 4.90 Å². The molecule has 1 saturated heterocycles. The summed E-state index contributed by atoms with van der Waals surface area (Å²) in [6.45, 7) is 1.22. The Kier molecular flexibility index (Phi) is 4.95. The van der Waals surface area contributed by atoms with Crippen molar-refractivity contribution in [2.75, 3.05) is 17.6 Å². The third-order valence-corrected chi connectivity index (χ3v) is 6.53. The molecule has 1 aliphatic carbocycles. The van der Waals surface area contributed by atoms with Crippen LogP contribution < -0.4 is 5.32 Å². The van der Waals surface area contributed by atoms with E-state index in [-0.39, 0.29) is 40.8 Å². The van der Waals surface area contributed by atoms with Crippen LogP contribution >= 0.6 is 0 Å². The molecule has 0 aromatic heterocycles. The second kappa shape index (κ2) is 7.03. The molecular weight excluding hydrogens is 356 g/mol. The van der Waals surface area contributed by atoms with Crippen molar-refractivity contribution in [3.05, 3.63) is 36.4 Å². The summed E-state index contributed by atoms with van der Waals surface area (Å²) in [6, 6.07) is 5.80. The molecule has 0 bridgehead atoms. The van der Waals surface area contributed by atoms with Crippen LogP contribution in [0.2, 0.25) is 0 Å². The molecular formula is C18H20N2O5S. The summed E-state index contributed by atoms with van der Waals surface area (Å²) in [5, 5.41) is 2.59. The van der Waals surface area contributed by atoms with Gasteiger partial charge in [0.25, 0.3) is 0 Å². The van der Waals surface area contributed by atoms with Crippen molar-refractivity contribution >= 4 is 33.2 Å². The number of rotatable bonds is 5. The van der Waals surface area contributed by atoms with Crippen LogP contribution in [0, 0.1) is 11.8 Å². The SMILES string of the molecule is CCS(=O)(=O)c1ccc(NC(=O)CN2C(=O)[C@H]3CC=CC[C@@H]3C2=O)cc1. The maximum Gasteiger partial charge on any atom is 0.244 e. The summed E-state index contributed by atoms with van der Waals surface area (Å²) < 4.78 is 23.6. The maximum atomic E-state index is 12.4. The summed E-state index contributed by atoms with van der Waals surface area (Å²) >= 11 is 0. The first kappa shape index (κ1) is 18.3. The summed E-state index contributed by atoms with van der Waals surface area (Å²) in [5.41, 5.74) is 0.406. The number of likely N-dealkylation sites (tertiary alicyclic amines) is 1. The number of allylic oxidation sites excluding steroid dienone is 2. The highest BCUT2D eigenvalue weighted by Gasteiger charge is 2.47. The molecule has 1 aromatic rings. The summed E-state index contributed by atoms with van der Waals surface area (Å²) in [4.78, 5) is 38.1. The molecule has 0 spiro atoms. The maximum absolute atomic E-state index is 12.4. The molecule has 1 N–H and O–H groups in total. The van der Waals surface area contributed by atoms with Crippen LogP contribution in [0.1, 0.15) is 19.8 Å². The van der Waals surface area contributed by atoms with Crippen LogP contribution in [0.5, 0.6) is 0 Å². The van der Waals surface area contributed by atoms with Crippen LogP contribution in [0.15, 0.2) is 41.3 Å². The van der Waals surface area contributed by atoms with Crippen molar-refractivity contribution in [2.24, 2.45) is 11.8 Å². The van der Waals surface area contributed by atoms with Crippen LogP contribution in [0.25, 0.3) is 0 Å². The smallest absolute Gasteiger partial charge is 0.244 e. The number of hydrogen-bond acceptors (Lipinski definition) is 5. The molecule has 2 aliphatic rings. The normalized spacial score (nSPS) is 22.4. The van der Waals surface area contributed by atoms with Gasteiger partial charge in [0.15, 0.2) is 9.84 Å². The molecule has 0 radical (unpaired) electrons. The monoisotopic (exact) mass is 376 g/mol. The molecule has 3 rings (SSSR count). The number of amides is 3. The summed E-state index contributed by atoms with van der Waals surface area (Å²) in [7, 11) is -3.31. The van der Waals surface area contributed by atoms with E-state index >= 15 is 0 Å². The average molecular weight is 376 g/mol. The van der Waals surface area contributed by atoms with Crippen molar-refractivity contribution in [1.82, 2.24) is 4.90 Å². The molecule has 1 aliphatic heterocycles. The van der Waals surface area contributed by atoms with E-state index in [1.165, 1.54) is 24.3 Å². The molecule has 0 unspecified atom stereocenters. The first-order valence-electron chi connectivity index (χ1n) is 8.46. The van der Waals surface area contributed by atoms with Crippen molar-refractivity contribution < 1.29 is 22.8 Å². The Balaban J connectivity index is 1.64. The Labute approximate surface area is 152 Å². The fourth-order valence-corrected chi connectivity index (χ4v) is 4.17. The van der Waals surface area contributed by atoms with Crippen LogP contribution in [0.4, 0.5) is 5.69 Å². The quantitative estimate of drug-likeness (QED) is 0.618. The number of hydrogen-bond donors (Lipinski definition) is 1. The molecule has 138 valence electrons. The zero-order valence-corrected chi connectivity index (χ0v) is 15.2. The van der Waals surface area contributed by atoms with E-state index in [2.05, 4.69) is 5.32 Å². The first-order valence-corrected chi connectivity index (χ1v) is 10.1. The number of anilines is 1. The van der Waals surface area contributed by atoms with Gasteiger partial charge in [-0.1, -0.05) is 19.1 Å². The van der Waals surface area contributed by atoms with Gasteiger partial charge in [0.2, 0.25) is 17.7 Å². The Bertz CT molecular complexity index is 847. The number of benzene rings is 1. The van der Waals surface area contributed by atoms with Gasteiger partial charge in [-0.3, -0.25) is 19.3 Å². The zero-order chi connectivity index (χ0) is 18.9. The Morgan fingerprint density at radius 2 is 1.62 bits per heavy atom. The molecule has 1 heterocycles. The molecule has 8 heteroatoms. The lowest BCUT2D eigenvalue weighted by atomic mass is 9.85. The third kappa shape index (κ3) is 3.41. The summed E-state index contributed by atoms with van der Waals surface area (Å²) in [6.07, 6.45) is 4.84. The lowest BCUT2D eigenvalue weighted by Gasteiger charge is -2.14. The Morgan fingerprint density at radius 1 is 1.08 bits per heavy atom. The number of fused-ring (bicyclic) bond motifs is 1. The molecule has 1 fully saturated rings. The molecule has 1 aromatic carbocycles. The fourth-order valence-electron chi connectivity index (χ4n) is 3.28. The topological polar surface area (TPSA) is 101 Å². The highest BCUT2D eigenvalue weighted by Crippen LogP contribution is 2.34. The second-order valence-corrected chi connectivity index (χ2v) is 8.67. The van der Waals surface area contributed by atoms with Gasteiger partial charge < -0.3 is 5.32 Å². The van der Waals surface area contributed by atoms with Crippen molar-refractivity contribution in [2.45, 2.75) is 24.7 Å². The van der Waals surface area contributed by atoms with Gasteiger partial charge in [0.05, 0.1) is 22.5 Å². The third-order valence-electron chi connectivity index (χ3n) is 4.78. The minimum Gasteiger partial charge on any atom is -0.325 e. The second-order valence-electron chi connectivity index (χ2n) is 6.39. The van der Waals surface area contributed by atoms with E-state index < -0.39 is 15.7 Å². The van der Waals surface area contributed by atoms with E-state index in [1.54, 1.807) is 6.92 Å². The van der Waals surface area contributed by atoms with Crippen LogP contribution in [-0.4, -0.2) is 43.3 Å². The van der Waals surface area contributed by atoms with Crippen molar-refractivity contribution in [1.29, 1.82) is 0 Å². The van der Waals surface area contributed by atoms with Crippen LogP contribution in [0.3, 0.4) is 0 Å². The minimum absolute atomic E-state index is 0.00488. The van der Waals surface area contributed by atoms with E-state index in [9.17, 15) is 22.8 Å². The number of carbonyl (C=O) groups is 3. The van der Waals surface area contributed by atoms with E-state index in [0.29, 0.717) is 18.5 Å². The summed E-state index contributed by atoms with van der Waals surface area (Å²) in [5.74, 6) is -1.83. The standard InChI is InChI=1S/C18H20N2O5S/c1-2-26(24,25)13-9-7-12(8-10-13)19-16(21)11-20-17(22)14-5-3-4-6-15(14)18(20)23/h3-4,7-10,14-15H,2,5-6,11H2,1H3,(H,19,21)/t14-,15-/m0/s1. The molecule has 3 amide bonds. The van der Waals surface area contributed by atoms with Gasteiger partial charge in [-0.05, 0) is 37.1 Å². The van der Waals surface area contributed by atoms with Gasteiger partial charge in [-0.25, -0.2) is 8.42 Å². The predicted octanol–water partition coefficient (Wildman–Crippen LogP) is 1.37. The van der Waals surface area contributed by atoms with Gasteiger partial charge in [-0.15, -0.1) is 0 Å². The zero-order valence-electron chi connectivity index (χ0n) is 14.3. The van der Waals surface area contributed by atoms with Gasteiger partial charge in [0, 0.05) is 5.69 Å². The average Bonchev–Trinajstić information content (AvgIpc) is 2.87. The highest BCUT2D eigenvalue weighted by atomic mass is 32.2. The molecule has 2 atom stereocenters. The Hall–Kier alpha value is -2.48. The van der Waals surface area contributed by atoms with Gasteiger partial charge >= 0.3 is 0 Å². The van der Waals surface area contributed by atoms with Crippen LogP contribution in [-0.2, 0) is 24.2 Å². The lowest BCUT2D eigenvalue weighted by molar-refractivity contribution is -0.142. The largest absolute Gasteiger partial charge is 0.325 e. The van der Waals surface area contributed by atoms with Crippen molar-refractivity contribution in [3.8, 4) is 0 Å². The fraction of sp³-hybridized carbons (Fsp3) is 0.389. The van der Waals surface area contributed by atoms with Gasteiger partial charge in [-0.2, -0.15) is 0 Å². The lowest BCUT2D eigenvalue weighted by Crippen LogP contribution is -2.38. The first-order chi connectivity index (χ1) is 12.3. The number of carbonyl (C=O) groups excluding carboxylic acids is 3. The van der Waals surface area contributed by atoms with E-state index in [1.807, 2.05) is 12.2 Å². The van der Waals surface area contributed by atoms with Gasteiger partial charge in [0.1, 0.15) is 6.54 Å². The van der Waals surface area contributed by atoms with E-state index in [4.69, 9.17) is 0 Å². The predicted molar refractivity (Wildman–Crippen MR) is 94.9 cm³/mol. The number of nitrogens with zero attached hydrogens (tertiary/aromatic N) is 1. The number of nitrogens with one attached hydrogen (secondary N) is 1. The number of imide groups is 1. The highest BCUT2D eigenvalue weighted by molar-refractivity contribution is 7.91. The Morgan fingerprint density at radius 3 is 2.12 bits per heavy atom. The molecule has 26 heavy (non-hydrogen) atoms.